The molecule has 5 nitrogen and oxygen atoms in total. The van der Waals surface area contributed by atoms with Gasteiger partial charge in [-0.25, -0.2) is 4.68 Å². The third kappa shape index (κ3) is 1.64. The van der Waals surface area contributed by atoms with Crippen LogP contribution in [-0.2, 0) is 4.74 Å². The SMILES string of the molecule is C1CC(C2CC2)n2nc(C3CCOC3)nc2N1. The van der Waals surface area contributed by atoms with Crippen LogP contribution in [0, 0.1) is 5.92 Å². The van der Waals surface area contributed by atoms with E-state index in [1.807, 2.05) is 0 Å². The maximum atomic E-state index is 5.42. The Morgan fingerprint density at radius 3 is 2.94 bits per heavy atom. The molecule has 2 fully saturated rings. The number of hydrogen-bond acceptors (Lipinski definition) is 4. The Morgan fingerprint density at radius 2 is 2.18 bits per heavy atom. The first-order valence-electron chi connectivity index (χ1n) is 6.70. The Labute approximate surface area is 101 Å². The van der Waals surface area contributed by atoms with Gasteiger partial charge in [0.25, 0.3) is 0 Å². The Bertz CT molecular complexity index is 420. The van der Waals surface area contributed by atoms with E-state index in [0.29, 0.717) is 12.0 Å². The minimum Gasteiger partial charge on any atom is -0.381 e. The predicted octanol–water partition coefficient (Wildman–Crippen LogP) is 1.55. The zero-order valence-electron chi connectivity index (χ0n) is 9.93. The van der Waals surface area contributed by atoms with Crippen LogP contribution in [0.1, 0.15) is 43.5 Å². The van der Waals surface area contributed by atoms with Crippen molar-refractivity contribution in [1.82, 2.24) is 14.8 Å². The summed E-state index contributed by atoms with van der Waals surface area (Å²) in [7, 11) is 0. The molecule has 2 unspecified atom stereocenters. The Hall–Kier alpha value is -1.10. The molecule has 1 N–H and O–H groups in total. The summed E-state index contributed by atoms with van der Waals surface area (Å²) in [5, 5.41) is 8.11. The van der Waals surface area contributed by atoms with Gasteiger partial charge in [0.2, 0.25) is 5.95 Å². The summed E-state index contributed by atoms with van der Waals surface area (Å²) < 4.78 is 7.57. The number of hydrogen-bond donors (Lipinski definition) is 1. The maximum Gasteiger partial charge on any atom is 0.221 e. The highest BCUT2D eigenvalue weighted by Gasteiger charge is 2.37. The standard InChI is InChI=1S/C12H18N4O/c1-2-8(1)10-3-5-13-12-14-11(15-16(10)12)9-4-6-17-7-9/h8-10H,1-7H2,(H,13,14,15). The number of anilines is 1. The molecule has 1 saturated heterocycles. The average Bonchev–Trinajstić information content (AvgIpc) is 2.91. The second-order valence-electron chi connectivity index (χ2n) is 5.42. The number of rotatable bonds is 2. The van der Waals surface area contributed by atoms with Crippen molar-refractivity contribution in [2.45, 2.75) is 37.6 Å². The molecule has 1 saturated carbocycles. The molecule has 92 valence electrons. The first kappa shape index (κ1) is 9.88. The van der Waals surface area contributed by atoms with Crippen molar-refractivity contribution in [2.75, 3.05) is 25.1 Å². The largest absolute Gasteiger partial charge is 0.381 e. The minimum atomic E-state index is 0.412. The van der Waals surface area contributed by atoms with Gasteiger partial charge in [-0.15, -0.1) is 0 Å². The first-order chi connectivity index (χ1) is 8.42. The van der Waals surface area contributed by atoms with Crippen LogP contribution < -0.4 is 5.32 Å². The molecular weight excluding hydrogens is 216 g/mol. The predicted molar refractivity (Wildman–Crippen MR) is 63.1 cm³/mol. The van der Waals surface area contributed by atoms with Crippen molar-refractivity contribution in [3.8, 4) is 0 Å². The van der Waals surface area contributed by atoms with E-state index >= 15 is 0 Å². The number of nitrogens with one attached hydrogen (secondary N) is 1. The average molecular weight is 234 g/mol. The summed E-state index contributed by atoms with van der Waals surface area (Å²) in [4.78, 5) is 4.65. The zero-order valence-corrected chi connectivity index (χ0v) is 9.93. The highest BCUT2D eigenvalue weighted by atomic mass is 16.5. The molecule has 3 heterocycles. The molecule has 0 bridgehead atoms. The smallest absolute Gasteiger partial charge is 0.221 e. The van der Waals surface area contributed by atoms with Gasteiger partial charge in [-0.1, -0.05) is 0 Å². The van der Waals surface area contributed by atoms with Gasteiger partial charge in [-0.2, -0.15) is 10.1 Å². The quantitative estimate of drug-likeness (QED) is 0.843. The van der Waals surface area contributed by atoms with Crippen LogP contribution in [0.3, 0.4) is 0 Å². The fourth-order valence-electron chi connectivity index (χ4n) is 2.97. The summed E-state index contributed by atoms with van der Waals surface area (Å²) in [6.45, 7) is 2.69. The van der Waals surface area contributed by atoms with Crippen molar-refractivity contribution in [2.24, 2.45) is 5.92 Å². The van der Waals surface area contributed by atoms with E-state index in [0.717, 1.165) is 43.9 Å². The molecule has 2 atom stereocenters. The summed E-state index contributed by atoms with van der Waals surface area (Å²) in [5.74, 6) is 3.23. The van der Waals surface area contributed by atoms with Crippen LogP contribution in [0.2, 0.25) is 0 Å². The van der Waals surface area contributed by atoms with E-state index in [4.69, 9.17) is 9.84 Å². The maximum absolute atomic E-state index is 5.42. The molecule has 3 aliphatic rings. The molecule has 0 radical (unpaired) electrons. The topological polar surface area (TPSA) is 52.0 Å². The molecular formula is C12H18N4O. The van der Waals surface area contributed by atoms with E-state index in [1.54, 1.807) is 0 Å². The lowest BCUT2D eigenvalue weighted by Crippen LogP contribution is -2.25. The lowest BCUT2D eigenvalue weighted by Gasteiger charge is -2.23. The lowest BCUT2D eigenvalue weighted by molar-refractivity contribution is 0.193. The molecule has 1 aliphatic carbocycles. The molecule has 0 amide bonds. The van der Waals surface area contributed by atoms with E-state index in [1.165, 1.54) is 19.3 Å². The fraction of sp³-hybridized carbons (Fsp3) is 0.833. The minimum absolute atomic E-state index is 0.412. The number of nitrogens with zero attached hydrogens (tertiary/aromatic N) is 3. The second-order valence-corrected chi connectivity index (χ2v) is 5.42. The number of fused-ring (bicyclic) bond motifs is 1. The molecule has 0 aromatic carbocycles. The summed E-state index contributed by atoms with van der Waals surface area (Å²) in [6.07, 6.45) is 5.00. The normalized spacial score (nSPS) is 32.2. The van der Waals surface area contributed by atoms with Gasteiger partial charge >= 0.3 is 0 Å². The zero-order chi connectivity index (χ0) is 11.2. The van der Waals surface area contributed by atoms with Gasteiger partial charge in [0.15, 0.2) is 5.82 Å². The van der Waals surface area contributed by atoms with Gasteiger partial charge in [-0.05, 0) is 31.6 Å². The molecule has 17 heavy (non-hydrogen) atoms. The molecule has 5 heteroatoms. The number of ether oxygens (including phenoxy) is 1. The summed E-state index contributed by atoms with van der Waals surface area (Å²) >= 11 is 0. The number of aromatic nitrogens is 3. The Kier molecular flexibility index (Phi) is 2.15. The van der Waals surface area contributed by atoms with Gasteiger partial charge in [-0.3, -0.25) is 0 Å². The summed E-state index contributed by atoms with van der Waals surface area (Å²) in [6, 6.07) is 0.592. The molecule has 1 aromatic heterocycles. The van der Waals surface area contributed by atoms with Crippen LogP contribution in [0.15, 0.2) is 0 Å². The Morgan fingerprint density at radius 1 is 1.24 bits per heavy atom. The van der Waals surface area contributed by atoms with Gasteiger partial charge < -0.3 is 10.1 Å². The van der Waals surface area contributed by atoms with Crippen LogP contribution in [0.5, 0.6) is 0 Å². The van der Waals surface area contributed by atoms with E-state index in [9.17, 15) is 0 Å². The van der Waals surface area contributed by atoms with Crippen LogP contribution >= 0.6 is 0 Å². The van der Waals surface area contributed by atoms with Crippen LogP contribution in [-0.4, -0.2) is 34.5 Å². The summed E-state index contributed by atoms with van der Waals surface area (Å²) in [5.41, 5.74) is 0. The van der Waals surface area contributed by atoms with Gasteiger partial charge in [0, 0.05) is 19.1 Å². The fourth-order valence-corrected chi connectivity index (χ4v) is 2.97. The molecule has 0 spiro atoms. The first-order valence-corrected chi connectivity index (χ1v) is 6.70. The van der Waals surface area contributed by atoms with Gasteiger partial charge in [0.05, 0.1) is 12.6 Å². The van der Waals surface area contributed by atoms with Crippen molar-refractivity contribution < 1.29 is 4.74 Å². The van der Waals surface area contributed by atoms with Gasteiger partial charge in [0.1, 0.15) is 0 Å². The molecule has 4 rings (SSSR count). The van der Waals surface area contributed by atoms with E-state index < -0.39 is 0 Å². The molecule has 1 aromatic rings. The third-order valence-electron chi connectivity index (χ3n) is 4.15. The Balaban J connectivity index is 1.66. The second kappa shape index (κ2) is 3.70. The third-order valence-corrected chi connectivity index (χ3v) is 4.15. The highest BCUT2D eigenvalue weighted by molar-refractivity contribution is 5.29. The van der Waals surface area contributed by atoms with Crippen molar-refractivity contribution >= 4 is 5.95 Å². The van der Waals surface area contributed by atoms with Crippen molar-refractivity contribution in [1.29, 1.82) is 0 Å². The van der Waals surface area contributed by atoms with Crippen LogP contribution in [0.25, 0.3) is 0 Å². The molecule has 2 aliphatic heterocycles. The van der Waals surface area contributed by atoms with Crippen molar-refractivity contribution in [3.05, 3.63) is 5.82 Å². The van der Waals surface area contributed by atoms with Crippen LogP contribution in [0.4, 0.5) is 5.95 Å². The highest BCUT2D eigenvalue weighted by Crippen LogP contribution is 2.43. The monoisotopic (exact) mass is 234 g/mol. The van der Waals surface area contributed by atoms with E-state index in [2.05, 4.69) is 15.0 Å². The lowest BCUT2D eigenvalue weighted by atomic mass is 10.1. The van der Waals surface area contributed by atoms with E-state index in [-0.39, 0.29) is 0 Å². The van der Waals surface area contributed by atoms with Crippen molar-refractivity contribution in [3.63, 3.8) is 0 Å².